The molecule has 0 bridgehead atoms. The van der Waals surface area contributed by atoms with Crippen molar-refractivity contribution in [1.29, 1.82) is 0 Å². The van der Waals surface area contributed by atoms with Crippen LogP contribution in [-0.4, -0.2) is 60.8 Å². The van der Waals surface area contributed by atoms with Gasteiger partial charge in [-0.25, -0.2) is 13.4 Å². The number of anilines is 3. The maximum atomic E-state index is 12.8. The maximum Gasteiger partial charge on any atom is 0.224 e. The molecule has 2 heterocycles. The molecule has 0 unspecified atom stereocenters. The molecule has 1 atom stereocenters. The molecule has 4 N–H and O–H groups in total. The van der Waals surface area contributed by atoms with Gasteiger partial charge in [-0.1, -0.05) is 43.0 Å². The molecule has 1 aliphatic rings. The number of piperidine rings is 1. The van der Waals surface area contributed by atoms with E-state index in [2.05, 4.69) is 25.5 Å². The molecule has 0 radical (unpaired) electrons. The third-order valence-corrected chi connectivity index (χ3v) is 8.82. The topological polar surface area (TPSA) is 113 Å². The van der Waals surface area contributed by atoms with Crippen LogP contribution < -0.4 is 16.4 Å². The lowest BCUT2D eigenvalue weighted by Gasteiger charge is -2.33. The molecule has 0 amide bonds. The van der Waals surface area contributed by atoms with E-state index >= 15 is 0 Å². The molecule has 35 heavy (non-hydrogen) atoms. The molecule has 2 aromatic rings. The van der Waals surface area contributed by atoms with Crippen LogP contribution in [0.25, 0.3) is 0 Å². The number of hydrogen-bond donors (Lipinski definition) is 3. The molecule has 1 aliphatic heterocycles. The second-order valence-corrected chi connectivity index (χ2v) is 12.3. The molecule has 1 saturated heterocycles. The van der Waals surface area contributed by atoms with Crippen LogP contribution in [0.3, 0.4) is 0 Å². The highest BCUT2D eigenvalue weighted by Crippen LogP contribution is 2.30. The highest BCUT2D eigenvalue weighted by molar-refractivity contribution is 7.92. The van der Waals surface area contributed by atoms with Gasteiger partial charge >= 0.3 is 0 Å². The van der Waals surface area contributed by atoms with Crippen molar-refractivity contribution in [3.63, 3.8) is 0 Å². The molecule has 1 fully saturated rings. The minimum Gasteiger partial charge on any atom is -0.350 e. The molecule has 0 spiro atoms. The molecule has 8 nitrogen and oxygen atoms in total. The average Bonchev–Trinajstić information content (AvgIpc) is 2.84. The number of sulfone groups is 1. The highest BCUT2D eigenvalue weighted by Gasteiger charge is 2.24. The van der Waals surface area contributed by atoms with E-state index in [1.54, 1.807) is 44.3 Å². The van der Waals surface area contributed by atoms with Gasteiger partial charge in [-0.2, -0.15) is 4.98 Å². The van der Waals surface area contributed by atoms with Crippen LogP contribution in [0.4, 0.5) is 17.5 Å². The van der Waals surface area contributed by atoms with Crippen molar-refractivity contribution in [2.75, 3.05) is 36.8 Å². The number of para-hydroxylation sites is 1. The van der Waals surface area contributed by atoms with Crippen molar-refractivity contribution in [2.45, 2.75) is 75.0 Å². The first-order valence-electron chi connectivity index (χ1n) is 12.6. The summed E-state index contributed by atoms with van der Waals surface area (Å²) in [5.74, 6) is 0.857. The number of likely N-dealkylation sites (tertiary alicyclic amines) is 1. The van der Waals surface area contributed by atoms with Gasteiger partial charge in [-0.15, -0.1) is 0 Å². The fourth-order valence-corrected chi connectivity index (χ4v) is 5.63. The number of nitrogens with one attached hydrogen (secondary N) is 2. The maximum absolute atomic E-state index is 12.8. The molecule has 10 heteroatoms. The Morgan fingerprint density at radius 1 is 1.17 bits per heavy atom. The summed E-state index contributed by atoms with van der Waals surface area (Å²) < 4.78 is 25.6. The fourth-order valence-electron chi connectivity index (χ4n) is 4.29. The third kappa shape index (κ3) is 8.03. The first kappa shape index (κ1) is 27.6. The predicted octanol–water partition coefficient (Wildman–Crippen LogP) is 4.84. The second-order valence-electron chi connectivity index (χ2n) is 9.45. The van der Waals surface area contributed by atoms with E-state index in [9.17, 15) is 8.42 Å². The van der Waals surface area contributed by atoms with E-state index in [0.29, 0.717) is 22.5 Å². The Morgan fingerprint density at radius 2 is 1.91 bits per heavy atom. The molecule has 194 valence electrons. The number of benzene rings is 1. The van der Waals surface area contributed by atoms with Crippen molar-refractivity contribution in [3.8, 4) is 0 Å². The normalized spacial score (nSPS) is 17.0. The molecule has 0 aliphatic carbocycles. The summed E-state index contributed by atoms with van der Waals surface area (Å²) in [5, 5.41) is 6.36. The van der Waals surface area contributed by atoms with Crippen molar-refractivity contribution >= 4 is 38.9 Å². The van der Waals surface area contributed by atoms with Crippen molar-refractivity contribution < 1.29 is 8.42 Å². The van der Waals surface area contributed by atoms with E-state index in [0.717, 1.165) is 45.4 Å². The number of hydrogen-bond acceptors (Lipinski definition) is 8. The number of halogens is 1. The Labute approximate surface area is 215 Å². The van der Waals surface area contributed by atoms with Gasteiger partial charge in [0.25, 0.3) is 0 Å². The molecule has 1 aromatic carbocycles. The number of rotatable bonds is 13. The van der Waals surface area contributed by atoms with Crippen molar-refractivity contribution in [1.82, 2.24) is 14.9 Å². The van der Waals surface area contributed by atoms with E-state index in [-0.39, 0.29) is 10.9 Å². The van der Waals surface area contributed by atoms with Gasteiger partial charge in [-0.3, -0.25) is 0 Å². The van der Waals surface area contributed by atoms with E-state index in [1.807, 2.05) is 0 Å². The van der Waals surface area contributed by atoms with Gasteiger partial charge < -0.3 is 21.3 Å². The minimum atomic E-state index is -3.47. The monoisotopic (exact) mass is 522 g/mol. The van der Waals surface area contributed by atoms with Crippen LogP contribution in [0.5, 0.6) is 0 Å². The van der Waals surface area contributed by atoms with E-state index < -0.39 is 15.1 Å². The van der Waals surface area contributed by atoms with Gasteiger partial charge in [0.05, 0.1) is 22.0 Å². The number of aromatic nitrogens is 2. The summed E-state index contributed by atoms with van der Waals surface area (Å²) in [6, 6.07) is 7.06. The first-order chi connectivity index (χ1) is 16.8. The Morgan fingerprint density at radius 3 is 2.69 bits per heavy atom. The zero-order chi connectivity index (χ0) is 25.3. The summed E-state index contributed by atoms with van der Waals surface area (Å²) in [7, 11) is -3.47. The zero-order valence-corrected chi connectivity index (χ0v) is 22.4. The molecule has 0 saturated carbocycles. The van der Waals surface area contributed by atoms with Gasteiger partial charge in [0.1, 0.15) is 5.02 Å². The standard InChI is InChI=1S/C25H39ClN6O2S/c1-19(2)35(33,34)23-13-7-6-12-22(23)30-24-21(26)17-28-25(31-24)29-20-11-10-16-32(18-20)15-9-5-3-4-8-14-27/h6-7,12-13,17,19-20H,3-5,8-11,14-16,18,27H2,1-2H3,(H2,28,29,30,31)/t20-/m1/s1. The zero-order valence-electron chi connectivity index (χ0n) is 20.8. The lowest BCUT2D eigenvalue weighted by atomic mass is 10.0. The summed E-state index contributed by atoms with van der Waals surface area (Å²) in [6.45, 7) is 7.30. The fraction of sp³-hybridized carbons (Fsp3) is 0.600. The Balaban J connectivity index is 1.62. The number of nitrogens with zero attached hydrogens (tertiary/aromatic N) is 3. The van der Waals surface area contributed by atoms with Crippen LogP contribution in [0.15, 0.2) is 35.4 Å². The lowest BCUT2D eigenvalue weighted by Crippen LogP contribution is -2.42. The number of unbranched alkanes of at least 4 members (excludes halogenated alkanes) is 4. The summed E-state index contributed by atoms with van der Waals surface area (Å²) in [6.07, 6.45) is 9.77. The first-order valence-corrected chi connectivity index (χ1v) is 14.5. The van der Waals surface area contributed by atoms with Gasteiger partial charge in [-0.05, 0) is 71.3 Å². The number of nitrogens with two attached hydrogens (primary N) is 1. The molecular formula is C25H39ClN6O2S. The van der Waals surface area contributed by atoms with Gasteiger partial charge in [0.2, 0.25) is 5.95 Å². The third-order valence-electron chi connectivity index (χ3n) is 6.33. The largest absolute Gasteiger partial charge is 0.350 e. The van der Waals surface area contributed by atoms with Gasteiger partial charge in [0.15, 0.2) is 15.7 Å². The Bertz CT molecular complexity index is 1050. The summed E-state index contributed by atoms with van der Waals surface area (Å²) >= 11 is 6.36. The molecular weight excluding hydrogens is 484 g/mol. The van der Waals surface area contributed by atoms with Crippen molar-refractivity contribution in [3.05, 3.63) is 35.5 Å². The summed E-state index contributed by atoms with van der Waals surface area (Å²) in [4.78, 5) is 11.7. The van der Waals surface area contributed by atoms with E-state index in [1.165, 1.54) is 25.7 Å². The van der Waals surface area contributed by atoms with Crippen LogP contribution in [0.2, 0.25) is 5.02 Å². The minimum absolute atomic E-state index is 0.227. The van der Waals surface area contributed by atoms with E-state index in [4.69, 9.17) is 17.3 Å². The molecule has 3 rings (SSSR count). The predicted molar refractivity (Wildman–Crippen MR) is 144 cm³/mol. The van der Waals surface area contributed by atoms with Crippen LogP contribution in [-0.2, 0) is 9.84 Å². The Hall–Kier alpha value is -1.94. The average molecular weight is 523 g/mol. The SMILES string of the molecule is CC(C)S(=O)(=O)c1ccccc1Nc1nc(N[C@@H]2CCCN(CCCCCCCN)C2)ncc1Cl. The lowest BCUT2D eigenvalue weighted by molar-refractivity contribution is 0.211. The molecule has 1 aromatic heterocycles. The van der Waals surface area contributed by atoms with Crippen LogP contribution in [0, 0.1) is 0 Å². The van der Waals surface area contributed by atoms with Gasteiger partial charge in [0, 0.05) is 12.6 Å². The van der Waals surface area contributed by atoms with Crippen molar-refractivity contribution in [2.24, 2.45) is 5.73 Å². The van der Waals surface area contributed by atoms with Crippen LogP contribution in [0.1, 0.15) is 58.8 Å². The highest BCUT2D eigenvalue weighted by atomic mass is 35.5. The Kier molecular flexibility index (Phi) is 10.6. The van der Waals surface area contributed by atoms with Crippen LogP contribution >= 0.6 is 11.6 Å². The second kappa shape index (κ2) is 13.4. The summed E-state index contributed by atoms with van der Waals surface area (Å²) in [5.41, 5.74) is 6.02. The quantitative estimate of drug-likeness (QED) is 0.320. The smallest absolute Gasteiger partial charge is 0.224 e.